The molecule has 27 heavy (non-hydrogen) atoms. The molecule has 0 fully saturated rings. The minimum atomic E-state index is -0.108. The van der Waals surface area contributed by atoms with E-state index in [0.29, 0.717) is 5.56 Å². The lowest BCUT2D eigenvalue weighted by Gasteiger charge is -2.05. The summed E-state index contributed by atoms with van der Waals surface area (Å²) in [6.07, 6.45) is 0. The van der Waals surface area contributed by atoms with Crippen LogP contribution in [0.15, 0.2) is 103 Å². The molecule has 0 unspecified atom stereocenters. The second-order valence-electron chi connectivity index (χ2n) is 6.13. The van der Waals surface area contributed by atoms with Crippen LogP contribution in [0.5, 0.6) is 0 Å². The number of carbonyl (C=O) groups excluding carboxylic acids is 1. The Kier molecular flexibility index (Phi) is 5.04. The average molecular weight is 368 g/mol. The molecule has 0 bridgehead atoms. The molecular formula is C24H18NOS+. The van der Waals surface area contributed by atoms with Crippen LogP contribution in [0.3, 0.4) is 0 Å². The molecule has 0 spiro atoms. The maximum atomic E-state index is 12.9. The maximum absolute atomic E-state index is 12.9. The number of amides is 1. The Morgan fingerprint density at radius 3 is 1.56 bits per heavy atom. The Balaban J connectivity index is 1.77. The van der Waals surface area contributed by atoms with Crippen molar-refractivity contribution in [1.82, 2.24) is 0 Å². The highest BCUT2D eigenvalue weighted by atomic mass is 32.1. The van der Waals surface area contributed by atoms with Gasteiger partial charge in [0.15, 0.2) is 0 Å². The summed E-state index contributed by atoms with van der Waals surface area (Å²) >= 11 is 1.69. The zero-order chi connectivity index (χ0) is 18.5. The minimum Gasteiger partial charge on any atom is -0.322 e. The molecule has 0 saturated heterocycles. The third-order valence-electron chi connectivity index (χ3n) is 4.20. The quantitative estimate of drug-likeness (QED) is 0.403. The Hall–Kier alpha value is -3.30. The highest BCUT2D eigenvalue weighted by Gasteiger charge is 2.21. The molecule has 1 amide bonds. The van der Waals surface area contributed by atoms with Crippen molar-refractivity contribution in [1.29, 1.82) is 0 Å². The average Bonchev–Trinajstić information content (AvgIpc) is 2.75. The summed E-state index contributed by atoms with van der Waals surface area (Å²) in [4.78, 5) is 15.0. The third kappa shape index (κ3) is 4.10. The van der Waals surface area contributed by atoms with Gasteiger partial charge in [0.25, 0.3) is 5.91 Å². The molecule has 2 nitrogen and oxygen atoms in total. The molecule has 3 aromatic carbocycles. The summed E-state index contributed by atoms with van der Waals surface area (Å²) in [5.41, 5.74) is 3.65. The normalized spacial score (nSPS) is 10.4. The van der Waals surface area contributed by atoms with Gasteiger partial charge in [0.1, 0.15) is 0 Å². The van der Waals surface area contributed by atoms with Crippen molar-refractivity contribution in [3.05, 3.63) is 109 Å². The number of hydrogen-bond donors (Lipinski definition) is 1. The molecule has 1 aromatic heterocycles. The number of anilines is 1. The van der Waals surface area contributed by atoms with E-state index in [9.17, 15) is 4.79 Å². The molecular weight excluding hydrogens is 350 g/mol. The third-order valence-corrected chi connectivity index (χ3v) is 5.35. The molecule has 0 saturated carbocycles. The van der Waals surface area contributed by atoms with Gasteiger partial charge < -0.3 is 5.32 Å². The highest BCUT2D eigenvalue weighted by molar-refractivity contribution is 7.18. The summed E-state index contributed by atoms with van der Waals surface area (Å²) in [6, 6.07) is 33.8. The molecule has 0 atom stereocenters. The Morgan fingerprint density at radius 1 is 0.630 bits per heavy atom. The van der Waals surface area contributed by atoms with Gasteiger partial charge in [-0.05, 0) is 36.4 Å². The van der Waals surface area contributed by atoms with E-state index in [4.69, 9.17) is 0 Å². The summed E-state index contributed by atoms with van der Waals surface area (Å²) in [7, 11) is 0. The van der Waals surface area contributed by atoms with Crippen LogP contribution in [-0.4, -0.2) is 5.91 Å². The number of carbonyl (C=O) groups is 1. The second-order valence-corrected chi connectivity index (χ2v) is 7.21. The van der Waals surface area contributed by atoms with E-state index >= 15 is 0 Å². The van der Waals surface area contributed by atoms with Gasteiger partial charge in [-0.3, -0.25) is 4.79 Å². The van der Waals surface area contributed by atoms with Gasteiger partial charge >= 0.3 is 0 Å². The Labute approximate surface area is 162 Å². The van der Waals surface area contributed by atoms with E-state index in [0.717, 1.165) is 26.6 Å². The van der Waals surface area contributed by atoms with Crippen molar-refractivity contribution in [2.75, 3.05) is 5.32 Å². The predicted octanol–water partition coefficient (Wildman–Crippen LogP) is 6.62. The number of benzene rings is 3. The molecule has 3 heteroatoms. The molecule has 4 aromatic rings. The lowest BCUT2D eigenvalue weighted by atomic mass is 10.1. The largest absolute Gasteiger partial charge is 0.322 e. The smallest absolute Gasteiger partial charge is 0.256 e. The van der Waals surface area contributed by atoms with Crippen LogP contribution in [0, 0.1) is 0 Å². The van der Waals surface area contributed by atoms with Crippen molar-refractivity contribution in [3.63, 3.8) is 0 Å². The summed E-state index contributed by atoms with van der Waals surface area (Å²) in [5.74, 6) is -0.108. The van der Waals surface area contributed by atoms with E-state index in [1.807, 2.05) is 78.9 Å². The highest BCUT2D eigenvalue weighted by Crippen LogP contribution is 2.34. The fourth-order valence-electron chi connectivity index (χ4n) is 2.85. The summed E-state index contributed by atoms with van der Waals surface area (Å²) in [6.45, 7) is 0. The van der Waals surface area contributed by atoms with Gasteiger partial charge in [-0.1, -0.05) is 54.6 Å². The predicted molar refractivity (Wildman–Crippen MR) is 114 cm³/mol. The number of hydrogen-bond acceptors (Lipinski definition) is 1. The maximum Gasteiger partial charge on any atom is 0.256 e. The van der Waals surface area contributed by atoms with E-state index < -0.39 is 0 Å². The molecule has 0 radical (unpaired) electrons. The van der Waals surface area contributed by atoms with Crippen LogP contribution in [0.4, 0.5) is 5.69 Å². The van der Waals surface area contributed by atoms with Gasteiger partial charge in [-0.25, -0.2) is 0 Å². The first-order chi connectivity index (χ1) is 13.3. The number of para-hydroxylation sites is 1. The lowest BCUT2D eigenvalue weighted by molar-refractivity contribution is 0.102. The minimum absolute atomic E-state index is 0.108. The first-order valence-electron chi connectivity index (χ1n) is 8.75. The monoisotopic (exact) mass is 368 g/mol. The number of nitrogens with one attached hydrogen (secondary N) is 1. The summed E-state index contributed by atoms with van der Waals surface area (Å²) < 4.78 is 0. The van der Waals surface area contributed by atoms with Crippen LogP contribution < -0.4 is 5.32 Å². The van der Waals surface area contributed by atoms with Crippen LogP contribution in [0.2, 0.25) is 0 Å². The van der Waals surface area contributed by atoms with Gasteiger partial charge in [0.05, 0.1) is 5.56 Å². The van der Waals surface area contributed by atoms with E-state index in [-0.39, 0.29) is 5.91 Å². The van der Waals surface area contributed by atoms with E-state index in [1.54, 1.807) is 11.3 Å². The zero-order valence-electron chi connectivity index (χ0n) is 14.6. The van der Waals surface area contributed by atoms with Crippen LogP contribution in [-0.2, 0) is 0 Å². The van der Waals surface area contributed by atoms with Crippen LogP contribution >= 0.6 is 11.3 Å². The molecule has 130 valence electrons. The fraction of sp³-hybridized carbons (Fsp3) is 0. The summed E-state index contributed by atoms with van der Waals surface area (Å²) in [5, 5.41) is 2.98. The zero-order valence-corrected chi connectivity index (χ0v) is 15.4. The molecule has 0 aliphatic rings. The Morgan fingerprint density at radius 2 is 1.07 bits per heavy atom. The molecule has 0 aliphatic heterocycles. The SMILES string of the molecule is O=C(Nc1ccccc1)c1cc(-c2ccccc2)[s+]c(-c2ccccc2)c1. The second kappa shape index (κ2) is 7.94. The van der Waals surface area contributed by atoms with Gasteiger partial charge in [0.2, 0.25) is 21.1 Å². The van der Waals surface area contributed by atoms with Crippen molar-refractivity contribution >= 4 is 22.9 Å². The topological polar surface area (TPSA) is 29.1 Å². The molecule has 1 N–H and O–H groups in total. The molecule has 1 heterocycles. The van der Waals surface area contributed by atoms with E-state index in [2.05, 4.69) is 29.6 Å². The standard InChI is InChI=1S/C24H17NOS/c26-24(25-21-14-8-3-9-15-21)20-16-22(18-10-4-1-5-11-18)27-23(17-20)19-12-6-2-7-13-19/h1-17H/p+1. The molecule has 0 aliphatic carbocycles. The van der Waals surface area contributed by atoms with Crippen molar-refractivity contribution in [2.45, 2.75) is 0 Å². The van der Waals surface area contributed by atoms with Crippen LogP contribution in [0.25, 0.3) is 20.9 Å². The first-order valence-corrected chi connectivity index (χ1v) is 9.57. The fourth-order valence-corrected chi connectivity index (χ4v) is 3.96. The van der Waals surface area contributed by atoms with Gasteiger partial charge in [0, 0.05) is 28.9 Å². The van der Waals surface area contributed by atoms with Crippen molar-refractivity contribution in [2.24, 2.45) is 0 Å². The van der Waals surface area contributed by atoms with Gasteiger partial charge in [-0.15, -0.1) is 0 Å². The van der Waals surface area contributed by atoms with Crippen molar-refractivity contribution < 1.29 is 4.79 Å². The molecule has 4 rings (SSSR count). The van der Waals surface area contributed by atoms with Gasteiger partial charge in [-0.2, -0.15) is 0 Å². The first kappa shape index (κ1) is 17.1. The number of rotatable bonds is 4. The Bertz CT molecular complexity index is 990. The lowest BCUT2D eigenvalue weighted by Crippen LogP contribution is -2.11. The van der Waals surface area contributed by atoms with Crippen molar-refractivity contribution in [3.8, 4) is 20.9 Å². The van der Waals surface area contributed by atoms with Crippen LogP contribution in [0.1, 0.15) is 10.4 Å². The van der Waals surface area contributed by atoms with E-state index in [1.165, 1.54) is 0 Å².